The third-order valence-electron chi connectivity index (χ3n) is 3.20. The van der Waals surface area contributed by atoms with Crippen LogP contribution in [0.1, 0.15) is 38.2 Å². The zero-order chi connectivity index (χ0) is 14.3. The van der Waals surface area contributed by atoms with Crippen LogP contribution in [0.25, 0.3) is 0 Å². The molecule has 0 aliphatic carbocycles. The van der Waals surface area contributed by atoms with E-state index >= 15 is 0 Å². The molecule has 0 saturated carbocycles. The first-order valence-corrected chi connectivity index (χ1v) is 6.61. The fraction of sp³-hybridized carbons (Fsp3) is 0.467. The minimum atomic E-state index is -0.852. The van der Waals surface area contributed by atoms with Gasteiger partial charge < -0.3 is 10.4 Å². The lowest BCUT2D eigenvalue weighted by Gasteiger charge is -2.16. The van der Waals surface area contributed by atoms with Gasteiger partial charge in [-0.15, -0.1) is 0 Å². The van der Waals surface area contributed by atoms with Crippen LogP contribution in [-0.4, -0.2) is 23.5 Å². The summed E-state index contributed by atoms with van der Waals surface area (Å²) < 4.78 is 0. The van der Waals surface area contributed by atoms with Gasteiger partial charge in [-0.2, -0.15) is 0 Å². The van der Waals surface area contributed by atoms with E-state index in [1.807, 2.05) is 44.2 Å². The maximum Gasteiger partial charge on any atom is 0.308 e. The maximum atomic E-state index is 12.0. The molecule has 1 unspecified atom stereocenters. The predicted molar refractivity (Wildman–Crippen MR) is 73.9 cm³/mol. The molecule has 4 nitrogen and oxygen atoms in total. The maximum absolute atomic E-state index is 12.0. The van der Waals surface area contributed by atoms with Crippen LogP contribution in [-0.2, 0) is 9.59 Å². The second-order valence-corrected chi connectivity index (χ2v) is 4.70. The number of carbonyl (C=O) groups is 2. The van der Waals surface area contributed by atoms with Crippen molar-refractivity contribution in [1.29, 1.82) is 0 Å². The van der Waals surface area contributed by atoms with Gasteiger partial charge >= 0.3 is 5.97 Å². The quantitative estimate of drug-likeness (QED) is 0.794. The zero-order valence-corrected chi connectivity index (χ0v) is 11.4. The van der Waals surface area contributed by atoms with Gasteiger partial charge in [0.25, 0.3) is 0 Å². The van der Waals surface area contributed by atoms with Crippen LogP contribution in [0.5, 0.6) is 0 Å². The molecule has 1 aromatic carbocycles. The van der Waals surface area contributed by atoms with Crippen molar-refractivity contribution >= 4 is 11.9 Å². The van der Waals surface area contributed by atoms with Crippen molar-refractivity contribution in [2.75, 3.05) is 6.54 Å². The van der Waals surface area contributed by atoms with Crippen molar-refractivity contribution in [3.8, 4) is 0 Å². The molecule has 0 radical (unpaired) electrons. The summed E-state index contributed by atoms with van der Waals surface area (Å²) >= 11 is 0. The molecule has 0 aromatic heterocycles. The first-order chi connectivity index (χ1) is 9.06. The molecule has 0 bridgehead atoms. The standard InChI is InChI=1S/C15H21NO3/c1-3-7-13(15(18)19)10-16-14(17)11(2)12-8-5-4-6-9-12/h4-6,8-9,11,13H,3,7,10H2,1-2H3,(H,16,17)(H,18,19)/t11-,13?/m1/s1. The molecule has 0 fully saturated rings. The van der Waals surface area contributed by atoms with Gasteiger partial charge in [-0.25, -0.2) is 0 Å². The summed E-state index contributed by atoms with van der Waals surface area (Å²) in [5.41, 5.74) is 0.933. The highest BCUT2D eigenvalue weighted by Gasteiger charge is 2.20. The average Bonchev–Trinajstić information content (AvgIpc) is 2.42. The Morgan fingerprint density at radius 2 is 1.89 bits per heavy atom. The SMILES string of the molecule is CCCC(CNC(=O)[C@H](C)c1ccccc1)C(=O)O. The number of carbonyl (C=O) groups excluding carboxylic acids is 1. The molecule has 2 atom stereocenters. The first-order valence-electron chi connectivity index (χ1n) is 6.61. The van der Waals surface area contributed by atoms with E-state index in [4.69, 9.17) is 5.11 Å². The van der Waals surface area contributed by atoms with Crippen LogP contribution in [0.2, 0.25) is 0 Å². The Bertz CT molecular complexity index is 417. The molecule has 0 heterocycles. The topological polar surface area (TPSA) is 66.4 Å². The van der Waals surface area contributed by atoms with Gasteiger partial charge in [0.15, 0.2) is 0 Å². The van der Waals surface area contributed by atoms with Crippen LogP contribution in [0, 0.1) is 5.92 Å². The van der Waals surface area contributed by atoms with Crippen molar-refractivity contribution < 1.29 is 14.7 Å². The molecule has 104 valence electrons. The first kappa shape index (κ1) is 15.2. The lowest BCUT2D eigenvalue weighted by atomic mass is 9.99. The lowest BCUT2D eigenvalue weighted by Crippen LogP contribution is -2.35. The van der Waals surface area contributed by atoms with Crippen molar-refractivity contribution in [1.82, 2.24) is 5.32 Å². The van der Waals surface area contributed by atoms with Crippen molar-refractivity contribution in [3.05, 3.63) is 35.9 Å². The van der Waals surface area contributed by atoms with Crippen molar-refractivity contribution in [3.63, 3.8) is 0 Å². The third-order valence-corrected chi connectivity index (χ3v) is 3.20. The normalized spacial score (nSPS) is 13.6. The number of hydrogen-bond acceptors (Lipinski definition) is 2. The van der Waals surface area contributed by atoms with E-state index in [2.05, 4.69) is 5.32 Å². The molecule has 1 amide bonds. The van der Waals surface area contributed by atoms with Gasteiger partial charge in [-0.1, -0.05) is 43.7 Å². The van der Waals surface area contributed by atoms with E-state index in [0.29, 0.717) is 6.42 Å². The van der Waals surface area contributed by atoms with Gasteiger partial charge in [-0.3, -0.25) is 9.59 Å². The fourth-order valence-corrected chi connectivity index (χ4v) is 1.93. The van der Waals surface area contributed by atoms with Crippen LogP contribution in [0.4, 0.5) is 0 Å². The molecule has 1 rings (SSSR count). The van der Waals surface area contributed by atoms with E-state index in [9.17, 15) is 9.59 Å². The Labute approximate surface area is 113 Å². The van der Waals surface area contributed by atoms with Gasteiger partial charge in [0.05, 0.1) is 11.8 Å². The van der Waals surface area contributed by atoms with Crippen LogP contribution in [0.3, 0.4) is 0 Å². The van der Waals surface area contributed by atoms with E-state index in [1.165, 1.54) is 0 Å². The van der Waals surface area contributed by atoms with Crippen LogP contribution >= 0.6 is 0 Å². The molecular formula is C15H21NO3. The van der Waals surface area contributed by atoms with Crippen LogP contribution in [0.15, 0.2) is 30.3 Å². The summed E-state index contributed by atoms with van der Waals surface area (Å²) in [4.78, 5) is 23.0. The number of carboxylic acid groups (broad SMARTS) is 1. The average molecular weight is 263 g/mol. The molecule has 19 heavy (non-hydrogen) atoms. The number of amides is 1. The highest BCUT2D eigenvalue weighted by Crippen LogP contribution is 2.14. The van der Waals surface area contributed by atoms with E-state index in [0.717, 1.165) is 12.0 Å². The van der Waals surface area contributed by atoms with Crippen molar-refractivity contribution in [2.45, 2.75) is 32.6 Å². The fourth-order valence-electron chi connectivity index (χ4n) is 1.93. The van der Waals surface area contributed by atoms with Gasteiger partial charge in [0.2, 0.25) is 5.91 Å². The lowest BCUT2D eigenvalue weighted by molar-refractivity contribution is -0.142. The van der Waals surface area contributed by atoms with Crippen molar-refractivity contribution in [2.24, 2.45) is 5.92 Å². The minimum absolute atomic E-state index is 0.131. The van der Waals surface area contributed by atoms with Gasteiger partial charge in [0, 0.05) is 6.54 Å². The zero-order valence-electron chi connectivity index (χ0n) is 11.4. The van der Waals surface area contributed by atoms with E-state index in [-0.39, 0.29) is 18.4 Å². The summed E-state index contributed by atoms with van der Waals surface area (Å²) in [5, 5.41) is 11.7. The summed E-state index contributed by atoms with van der Waals surface area (Å²) in [6.45, 7) is 3.95. The number of nitrogens with one attached hydrogen (secondary N) is 1. The second kappa shape index (κ2) is 7.56. The van der Waals surface area contributed by atoms with E-state index < -0.39 is 11.9 Å². The molecular weight excluding hydrogens is 242 g/mol. The monoisotopic (exact) mass is 263 g/mol. The Balaban J connectivity index is 2.53. The number of rotatable bonds is 7. The number of hydrogen-bond donors (Lipinski definition) is 2. The predicted octanol–water partition coefficient (Wildman–Crippen LogP) is 2.41. The molecule has 2 N–H and O–H groups in total. The number of benzene rings is 1. The Kier molecular flexibility index (Phi) is 6.06. The molecule has 0 aliphatic rings. The number of carboxylic acids is 1. The number of aliphatic carboxylic acids is 1. The Hall–Kier alpha value is -1.84. The summed E-state index contributed by atoms with van der Waals surface area (Å²) in [6.07, 6.45) is 1.37. The molecule has 0 saturated heterocycles. The van der Waals surface area contributed by atoms with Crippen LogP contribution < -0.4 is 5.32 Å². The largest absolute Gasteiger partial charge is 0.481 e. The van der Waals surface area contributed by atoms with Gasteiger partial charge in [-0.05, 0) is 18.9 Å². The summed E-state index contributed by atoms with van der Waals surface area (Å²) in [6, 6.07) is 9.46. The Morgan fingerprint density at radius 3 is 2.42 bits per heavy atom. The van der Waals surface area contributed by atoms with Gasteiger partial charge in [0.1, 0.15) is 0 Å². The molecule has 4 heteroatoms. The summed E-state index contributed by atoms with van der Waals surface area (Å²) in [7, 11) is 0. The van der Waals surface area contributed by atoms with E-state index in [1.54, 1.807) is 0 Å². The highest BCUT2D eigenvalue weighted by atomic mass is 16.4. The molecule has 0 aliphatic heterocycles. The molecule has 0 spiro atoms. The molecule has 1 aromatic rings. The Morgan fingerprint density at radius 1 is 1.26 bits per heavy atom. The smallest absolute Gasteiger partial charge is 0.308 e. The minimum Gasteiger partial charge on any atom is -0.481 e. The summed E-state index contributed by atoms with van der Waals surface area (Å²) in [5.74, 6) is -1.75. The third kappa shape index (κ3) is 4.73. The second-order valence-electron chi connectivity index (χ2n) is 4.70. The highest BCUT2D eigenvalue weighted by molar-refractivity contribution is 5.83.